The fourth-order valence-corrected chi connectivity index (χ4v) is 3.54. The second-order valence-electron chi connectivity index (χ2n) is 5.19. The Bertz CT molecular complexity index is 547. The third kappa shape index (κ3) is 3.82. The topological polar surface area (TPSA) is 0 Å². The first-order valence-corrected chi connectivity index (χ1v) is 8.01. The Balaban J connectivity index is 2.14. The summed E-state index contributed by atoms with van der Waals surface area (Å²) in [6.45, 7) is 6.67. The standard InChI is InChI=1S/C18H21I/c1-4-15-6-5-7-16(12-15)8-9-18-13(2)10-17(19)11-14(18)3/h5-7,10-12H,4,8-9H2,1-3H3. The molecule has 0 saturated heterocycles. The molecular formula is C18H21I. The highest BCUT2D eigenvalue weighted by atomic mass is 127. The normalized spacial score (nSPS) is 10.7. The van der Waals surface area contributed by atoms with Crippen LogP contribution in [-0.4, -0.2) is 0 Å². The van der Waals surface area contributed by atoms with E-state index >= 15 is 0 Å². The summed E-state index contributed by atoms with van der Waals surface area (Å²) in [6.07, 6.45) is 3.40. The molecule has 0 unspecified atom stereocenters. The number of hydrogen-bond donors (Lipinski definition) is 0. The van der Waals surface area contributed by atoms with Crippen molar-refractivity contribution in [2.75, 3.05) is 0 Å². The lowest BCUT2D eigenvalue weighted by molar-refractivity contribution is 0.931. The molecule has 1 heteroatoms. The molecule has 0 aliphatic heterocycles. The van der Waals surface area contributed by atoms with Gasteiger partial charge in [0.2, 0.25) is 0 Å². The minimum Gasteiger partial charge on any atom is -0.0617 e. The fraction of sp³-hybridized carbons (Fsp3) is 0.333. The van der Waals surface area contributed by atoms with E-state index < -0.39 is 0 Å². The summed E-state index contributed by atoms with van der Waals surface area (Å²) in [6, 6.07) is 13.6. The highest BCUT2D eigenvalue weighted by molar-refractivity contribution is 14.1. The zero-order valence-corrected chi connectivity index (χ0v) is 14.1. The molecule has 0 aliphatic rings. The maximum absolute atomic E-state index is 2.40. The second-order valence-corrected chi connectivity index (χ2v) is 6.44. The van der Waals surface area contributed by atoms with Gasteiger partial charge in [-0.2, -0.15) is 0 Å². The molecule has 0 atom stereocenters. The monoisotopic (exact) mass is 364 g/mol. The quantitative estimate of drug-likeness (QED) is 0.650. The van der Waals surface area contributed by atoms with Crippen molar-refractivity contribution >= 4 is 22.6 Å². The van der Waals surface area contributed by atoms with Gasteiger partial charge in [-0.05, 0) is 95.7 Å². The van der Waals surface area contributed by atoms with Gasteiger partial charge in [-0.15, -0.1) is 0 Å². The Labute approximate surface area is 130 Å². The summed E-state index contributed by atoms with van der Waals surface area (Å²) in [7, 11) is 0. The molecule has 0 aromatic heterocycles. The van der Waals surface area contributed by atoms with Gasteiger partial charge in [0, 0.05) is 3.57 Å². The van der Waals surface area contributed by atoms with E-state index in [4.69, 9.17) is 0 Å². The third-order valence-electron chi connectivity index (χ3n) is 3.72. The van der Waals surface area contributed by atoms with Gasteiger partial charge < -0.3 is 0 Å². The molecule has 0 fully saturated rings. The van der Waals surface area contributed by atoms with Gasteiger partial charge in [0.25, 0.3) is 0 Å². The van der Waals surface area contributed by atoms with Gasteiger partial charge in [-0.3, -0.25) is 0 Å². The van der Waals surface area contributed by atoms with Crippen molar-refractivity contribution in [1.82, 2.24) is 0 Å². The van der Waals surface area contributed by atoms with Crippen molar-refractivity contribution in [1.29, 1.82) is 0 Å². The van der Waals surface area contributed by atoms with Crippen molar-refractivity contribution in [2.45, 2.75) is 40.0 Å². The van der Waals surface area contributed by atoms with Crippen LogP contribution in [0.4, 0.5) is 0 Å². The average Bonchev–Trinajstić information content (AvgIpc) is 2.37. The van der Waals surface area contributed by atoms with Crippen LogP contribution in [0.1, 0.15) is 34.7 Å². The van der Waals surface area contributed by atoms with E-state index in [2.05, 4.69) is 79.8 Å². The van der Waals surface area contributed by atoms with Crippen LogP contribution < -0.4 is 0 Å². The Morgan fingerprint density at radius 1 is 0.895 bits per heavy atom. The summed E-state index contributed by atoms with van der Waals surface area (Å²) < 4.78 is 1.34. The average molecular weight is 364 g/mol. The number of hydrogen-bond acceptors (Lipinski definition) is 0. The van der Waals surface area contributed by atoms with E-state index in [1.807, 2.05) is 0 Å². The van der Waals surface area contributed by atoms with E-state index in [0.717, 1.165) is 19.3 Å². The zero-order valence-electron chi connectivity index (χ0n) is 12.0. The first kappa shape index (κ1) is 14.6. The van der Waals surface area contributed by atoms with Crippen LogP contribution in [0.3, 0.4) is 0 Å². The maximum Gasteiger partial charge on any atom is 0.0135 e. The Morgan fingerprint density at radius 3 is 2.16 bits per heavy atom. The van der Waals surface area contributed by atoms with E-state index in [1.54, 1.807) is 0 Å². The summed E-state index contributed by atoms with van der Waals surface area (Å²) in [4.78, 5) is 0. The van der Waals surface area contributed by atoms with Gasteiger partial charge in [0.1, 0.15) is 0 Å². The molecule has 2 aromatic rings. The molecule has 19 heavy (non-hydrogen) atoms. The largest absolute Gasteiger partial charge is 0.0617 e. The lowest BCUT2D eigenvalue weighted by atomic mass is 9.96. The Morgan fingerprint density at radius 2 is 1.53 bits per heavy atom. The number of halogens is 1. The van der Waals surface area contributed by atoms with Crippen molar-refractivity contribution in [3.8, 4) is 0 Å². The van der Waals surface area contributed by atoms with Crippen LogP contribution in [0.2, 0.25) is 0 Å². The summed E-state index contributed by atoms with van der Waals surface area (Å²) >= 11 is 2.40. The molecular weight excluding hydrogens is 343 g/mol. The van der Waals surface area contributed by atoms with Crippen LogP contribution >= 0.6 is 22.6 Å². The Kier molecular flexibility index (Phi) is 5.03. The number of aryl methyl sites for hydroxylation is 4. The highest BCUT2D eigenvalue weighted by Gasteiger charge is 2.05. The molecule has 0 amide bonds. The molecule has 0 saturated carbocycles. The molecule has 0 nitrogen and oxygen atoms in total. The van der Waals surface area contributed by atoms with Gasteiger partial charge in [0.15, 0.2) is 0 Å². The molecule has 0 heterocycles. The van der Waals surface area contributed by atoms with Crippen LogP contribution in [-0.2, 0) is 19.3 Å². The fourth-order valence-electron chi connectivity index (χ4n) is 2.61. The van der Waals surface area contributed by atoms with Crippen LogP contribution in [0.15, 0.2) is 36.4 Å². The van der Waals surface area contributed by atoms with Crippen LogP contribution in [0, 0.1) is 17.4 Å². The van der Waals surface area contributed by atoms with E-state index in [-0.39, 0.29) is 0 Å². The van der Waals surface area contributed by atoms with Gasteiger partial charge in [0.05, 0.1) is 0 Å². The van der Waals surface area contributed by atoms with Gasteiger partial charge in [-0.1, -0.05) is 31.2 Å². The van der Waals surface area contributed by atoms with Gasteiger partial charge >= 0.3 is 0 Å². The minimum absolute atomic E-state index is 1.12. The smallest absolute Gasteiger partial charge is 0.0135 e. The predicted octanol–water partition coefficient (Wildman–Crippen LogP) is 5.26. The molecule has 2 aromatic carbocycles. The molecule has 2 rings (SSSR count). The molecule has 0 N–H and O–H groups in total. The Hall–Kier alpha value is -0.830. The minimum atomic E-state index is 1.12. The molecule has 100 valence electrons. The lowest BCUT2D eigenvalue weighted by Crippen LogP contribution is -1.98. The van der Waals surface area contributed by atoms with E-state index in [0.29, 0.717) is 0 Å². The highest BCUT2D eigenvalue weighted by Crippen LogP contribution is 2.20. The maximum atomic E-state index is 2.40. The summed E-state index contributed by atoms with van der Waals surface area (Å²) in [5, 5.41) is 0. The van der Waals surface area contributed by atoms with Gasteiger partial charge in [-0.25, -0.2) is 0 Å². The molecule has 0 spiro atoms. The van der Waals surface area contributed by atoms with Crippen molar-refractivity contribution in [2.24, 2.45) is 0 Å². The first-order valence-electron chi connectivity index (χ1n) is 6.93. The molecule has 0 radical (unpaired) electrons. The van der Waals surface area contributed by atoms with Crippen LogP contribution in [0.25, 0.3) is 0 Å². The summed E-state index contributed by atoms with van der Waals surface area (Å²) in [5.41, 5.74) is 7.26. The lowest BCUT2D eigenvalue weighted by Gasteiger charge is -2.11. The van der Waals surface area contributed by atoms with Crippen molar-refractivity contribution in [3.63, 3.8) is 0 Å². The van der Waals surface area contributed by atoms with E-state index in [1.165, 1.54) is 31.4 Å². The summed E-state index contributed by atoms with van der Waals surface area (Å²) in [5.74, 6) is 0. The van der Waals surface area contributed by atoms with Crippen molar-refractivity contribution < 1.29 is 0 Å². The molecule has 0 aliphatic carbocycles. The first-order chi connectivity index (χ1) is 9.10. The number of rotatable bonds is 4. The second kappa shape index (κ2) is 6.56. The third-order valence-corrected chi connectivity index (χ3v) is 4.35. The van der Waals surface area contributed by atoms with Crippen molar-refractivity contribution in [3.05, 3.63) is 67.8 Å². The predicted molar refractivity (Wildman–Crippen MR) is 91.9 cm³/mol. The SMILES string of the molecule is CCc1cccc(CCc2c(C)cc(I)cc2C)c1. The molecule has 0 bridgehead atoms. The zero-order chi connectivity index (χ0) is 13.8. The number of benzene rings is 2. The van der Waals surface area contributed by atoms with Crippen LogP contribution in [0.5, 0.6) is 0 Å². The van der Waals surface area contributed by atoms with E-state index in [9.17, 15) is 0 Å².